The van der Waals surface area contributed by atoms with Crippen molar-refractivity contribution in [3.63, 3.8) is 0 Å². The molecule has 10 heteroatoms. The van der Waals surface area contributed by atoms with Crippen LogP contribution in [-0.2, 0) is 9.53 Å². The summed E-state index contributed by atoms with van der Waals surface area (Å²) in [6.45, 7) is 3.95. The highest BCUT2D eigenvalue weighted by Crippen LogP contribution is 2.37. The van der Waals surface area contributed by atoms with Gasteiger partial charge in [0.05, 0.1) is 22.4 Å². The number of nitrogens with zero attached hydrogens (tertiary/aromatic N) is 2. The number of aromatic nitrogens is 1. The first-order valence-electron chi connectivity index (χ1n) is 9.80. The average Bonchev–Trinajstić information content (AvgIpc) is 3.49. The van der Waals surface area contributed by atoms with Crippen molar-refractivity contribution < 1.29 is 19.0 Å². The van der Waals surface area contributed by atoms with E-state index >= 15 is 0 Å². The Kier molecular flexibility index (Phi) is 5.52. The third kappa shape index (κ3) is 3.52. The van der Waals surface area contributed by atoms with Crippen LogP contribution in [0.1, 0.15) is 30.3 Å². The number of allylic oxidation sites excluding steroid dienone is 1. The number of thiazole rings is 1. The molecule has 0 amide bonds. The van der Waals surface area contributed by atoms with Gasteiger partial charge in [-0.3, -0.25) is 9.36 Å². The van der Waals surface area contributed by atoms with Gasteiger partial charge in [-0.1, -0.05) is 33.3 Å². The zero-order chi connectivity index (χ0) is 22.4. The second-order valence-electron chi connectivity index (χ2n) is 7.04. The Hall–Kier alpha value is -2.69. The molecule has 3 aromatic rings. The van der Waals surface area contributed by atoms with Gasteiger partial charge < -0.3 is 14.2 Å². The molecule has 0 radical (unpaired) electrons. The lowest BCUT2D eigenvalue weighted by Gasteiger charge is -2.23. The van der Waals surface area contributed by atoms with Crippen LogP contribution in [0.4, 0.5) is 0 Å². The lowest BCUT2D eigenvalue weighted by Crippen LogP contribution is -2.39. The number of fused-ring (bicyclic) bond motifs is 2. The average molecular weight is 533 g/mol. The monoisotopic (exact) mass is 532 g/mol. The van der Waals surface area contributed by atoms with Crippen molar-refractivity contribution in [2.24, 2.45) is 4.99 Å². The molecule has 0 spiro atoms. The molecular weight excluding hydrogens is 516 g/mol. The minimum atomic E-state index is -0.576. The number of hydrogen-bond donors (Lipinski definition) is 0. The Balaban J connectivity index is 1.70. The van der Waals surface area contributed by atoms with E-state index < -0.39 is 12.0 Å². The maximum Gasteiger partial charge on any atom is 0.338 e. The predicted octanol–water partition coefficient (Wildman–Crippen LogP) is 3.35. The molecule has 1 aromatic carbocycles. The summed E-state index contributed by atoms with van der Waals surface area (Å²) >= 11 is 6.31. The van der Waals surface area contributed by atoms with E-state index in [1.807, 2.05) is 29.6 Å². The summed E-state index contributed by atoms with van der Waals surface area (Å²) < 4.78 is 19.0. The number of esters is 1. The molecule has 0 saturated carbocycles. The van der Waals surface area contributed by atoms with Gasteiger partial charge in [-0.05, 0) is 49.1 Å². The van der Waals surface area contributed by atoms with Gasteiger partial charge in [-0.25, -0.2) is 9.79 Å². The molecule has 0 bridgehead atoms. The van der Waals surface area contributed by atoms with Crippen LogP contribution >= 0.6 is 38.6 Å². The third-order valence-corrected chi connectivity index (χ3v) is 7.70. The van der Waals surface area contributed by atoms with Gasteiger partial charge in [0.25, 0.3) is 5.56 Å². The first-order chi connectivity index (χ1) is 15.5. The van der Waals surface area contributed by atoms with E-state index in [-0.39, 0.29) is 19.0 Å². The topological polar surface area (TPSA) is 79.1 Å². The van der Waals surface area contributed by atoms with Crippen molar-refractivity contribution in [2.75, 3.05) is 13.4 Å². The normalized spacial score (nSPS) is 17.3. The number of hydrogen-bond acceptors (Lipinski definition) is 8. The van der Waals surface area contributed by atoms with Crippen LogP contribution < -0.4 is 24.4 Å². The van der Waals surface area contributed by atoms with Crippen LogP contribution in [0, 0.1) is 0 Å². The summed E-state index contributed by atoms with van der Waals surface area (Å²) in [6, 6.07) is 6.89. The largest absolute Gasteiger partial charge is 0.463 e. The summed E-state index contributed by atoms with van der Waals surface area (Å²) in [5, 5.41) is 1.92. The van der Waals surface area contributed by atoms with Gasteiger partial charge in [0.15, 0.2) is 16.3 Å². The van der Waals surface area contributed by atoms with Crippen molar-refractivity contribution in [1.29, 1.82) is 0 Å². The fraction of sp³-hybridized carbons (Fsp3) is 0.227. The van der Waals surface area contributed by atoms with Crippen LogP contribution in [0.15, 0.2) is 55.2 Å². The molecule has 0 fully saturated rings. The number of halogens is 1. The van der Waals surface area contributed by atoms with E-state index in [2.05, 4.69) is 20.9 Å². The molecule has 2 aromatic heterocycles. The van der Waals surface area contributed by atoms with Crippen molar-refractivity contribution >= 4 is 50.6 Å². The predicted molar refractivity (Wildman–Crippen MR) is 125 cm³/mol. The highest BCUT2D eigenvalue weighted by molar-refractivity contribution is 9.10. The molecule has 7 nitrogen and oxygen atoms in total. The zero-order valence-corrected chi connectivity index (χ0v) is 20.3. The van der Waals surface area contributed by atoms with Crippen LogP contribution in [0.2, 0.25) is 0 Å². The number of thiophene rings is 1. The number of carbonyl (C=O) groups excluding carboxylic acids is 1. The molecule has 0 saturated heterocycles. The molecule has 0 unspecified atom stereocenters. The Morgan fingerprint density at radius 3 is 2.88 bits per heavy atom. The fourth-order valence-corrected chi connectivity index (χ4v) is 5.99. The smallest absolute Gasteiger partial charge is 0.338 e. The highest BCUT2D eigenvalue weighted by Gasteiger charge is 2.33. The minimum absolute atomic E-state index is 0.171. The minimum Gasteiger partial charge on any atom is -0.463 e. The molecule has 164 valence electrons. The third-order valence-electron chi connectivity index (χ3n) is 5.11. The lowest BCUT2D eigenvalue weighted by molar-refractivity contribution is -0.139. The molecule has 2 aliphatic rings. The van der Waals surface area contributed by atoms with E-state index in [0.29, 0.717) is 32.1 Å². The van der Waals surface area contributed by atoms with Crippen LogP contribution in [0.3, 0.4) is 0 Å². The quantitative estimate of drug-likeness (QED) is 0.481. The van der Waals surface area contributed by atoms with Crippen molar-refractivity contribution in [2.45, 2.75) is 19.9 Å². The summed E-state index contributed by atoms with van der Waals surface area (Å²) in [5.74, 6) is 0.826. The summed E-state index contributed by atoms with van der Waals surface area (Å²) in [7, 11) is 0. The molecule has 0 N–H and O–H groups in total. The summed E-state index contributed by atoms with van der Waals surface area (Å²) in [6.07, 6.45) is 1.80. The standard InChI is InChI=1S/C22H17BrN2O5S2/c1-3-28-21(27)18-11(2)24-22-25(19(18)16-5-4-6-31-16)20(26)17(32-22)8-12-7-14-15(9-13(12)23)30-10-29-14/h4-9,19H,3,10H2,1-2H3/b17-8+/t19-/m0/s1. The highest BCUT2D eigenvalue weighted by atomic mass is 79.9. The van der Waals surface area contributed by atoms with Gasteiger partial charge in [0.1, 0.15) is 6.04 Å². The van der Waals surface area contributed by atoms with E-state index in [9.17, 15) is 9.59 Å². The number of ether oxygens (including phenoxy) is 3. The van der Waals surface area contributed by atoms with Crippen LogP contribution in [0.25, 0.3) is 6.08 Å². The first kappa shape index (κ1) is 21.2. The Morgan fingerprint density at radius 2 is 2.16 bits per heavy atom. The number of rotatable bonds is 4. The second kappa shape index (κ2) is 8.34. The Labute approximate surface area is 199 Å². The van der Waals surface area contributed by atoms with Crippen molar-refractivity contribution in [3.8, 4) is 11.5 Å². The van der Waals surface area contributed by atoms with Crippen LogP contribution in [-0.4, -0.2) is 23.9 Å². The number of carbonyl (C=O) groups is 1. The maximum absolute atomic E-state index is 13.5. The summed E-state index contributed by atoms with van der Waals surface area (Å²) in [4.78, 5) is 32.3. The molecule has 1 atom stereocenters. The fourth-order valence-electron chi connectivity index (χ4n) is 3.69. The molecule has 32 heavy (non-hydrogen) atoms. The van der Waals surface area contributed by atoms with Crippen molar-refractivity contribution in [3.05, 3.63) is 75.5 Å². The second-order valence-corrected chi connectivity index (χ2v) is 9.89. The molecule has 2 aliphatic heterocycles. The Bertz CT molecular complexity index is 1440. The van der Waals surface area contributed by atoms with Gasteiger partial charge in [0.2, 0.25) is 6.79 Å². The molecule has 0 aliphatic carbocycles. The van der Waals surface area contributed by atoms with E-state index in [4.69, 9.17) is 14.2 Å². The maximum atomic E-state index is 13.5. The zero-order valence-electron chi connectivity index (χ0n) is 17.1. The first-order valence-corrected chi connectivity index (χ1v) is 12.3. The van der Waals surface area contributed by atoms with E-state index in [1.54, 1.807) is 24.5 Å². The lowest BCUT2D eigenvalue weighted by atomic mass is 10.0. The number of benzene rings is 1. The SMILES string of the molecule is CCOC(=O)C1=C(C)N=c2s/c(=C/c3cc4c(cc3Br)OCO4)c(=O)n2[C@H]1c1cccs1. The van der Waals surface area contributed by atoms with Gasteiger partial charge in [-0.15, -0.1) is 11.3 Å². The van der Waals surface area contributed by atoms with Crippen molar-refractivity contribution in [1.82, 2.24) is 4.57 Å². The van der Waals surface area contributed by atoms with Gasteiger partial charge >= 0.3 is 5.97 Å². The molecule has 4 heterocycles. The summed E-state index contributed by atoms with van der Waals surface area (Å²) in [5.41, 5.74) is 1.51. The van der Waals surface area contributed by atoms with E-state index in [1.165, 1.54) is 22.7 Å². The Morgan fingerprint density at radius 1 is 1.38 bits per heavy atom. The van der Waals surface area contributed by atoms with Crippen LogP contribution in [0.5, 0.6) is 11.5 Å². The van der Waals surface area contributed by atoms with Gasteiger partial charge in [0, 0.05) is 9.35 Å². The van der Waals surface area contributed by atoms with E-state index in [0.717, 1.165) is 14.9 Å². The van der Waals surface area contributed by atoms with Gasteiger partial charge in [-0.2, -0.15) is 0 Å². The molecular formula is C22H17BrN2O5S2. The molecule has 5 rings (SSSR count).